The predicted octanol–water partition coefficient (Wildman–Crippen LogP) is -3.70. The number of carbonyl (C=O) groups excluding carboxylic acids is 2. The van der Waals surface area contributed by atoms with Gasteiger partial charge in [-0.1, -0.05) is 0 Å². The van der Waals surface area contributed by atoms with E-state index in [1.807, 2.05) is 0 Å². The van der Waals surface area contributed by atoms with E-state index in [4.69, 9.17) is 15.9 Å². The molecule has 0 aromatic rings. The Hall–Kier alpha value is -0.900. The number of aliphatic hydroxyl groups is 5. The quantitative estimate of drug-likeness (QED) is 0.244. The van der Waals surface area contributed by atoms with Crippen LogP contribution in [0.5, 0.6) is 0 Å². The van der Waals surface area contributed by atoms with E-state index in [1.54, 1.807) is 0 Å². The number of hydrogen-bond acceptors (Lipinski definition) is 8. The van der Waals surface area contributed by atoms with E-state index in [2.05, 4.69) is 0 Å². The molecule has 0 rings (SSSR count). The highest BCUT2D eigenvalue weighted by atomic mass is 16.4. The highest BCUT2D eigenvalue weighted by molar-refractivity contribution is 6.10. The minimum atomic E-state index is -2.85. The highest BCUT2D eigenvalue weighted by Gasteiger charge is 2.51. The largest absolute Gasteiger partial charge is 0.394 e. The van der Waals surface area contributed by atoms with Gasteiger partial charge in [0.1, 0.15) is 18.3 Å². The Kier molecular flexibility index (Phi) is 6.54. The third-order valence-electron chi connectivity index (χ3n) is 2.67. The summed E-state index contributed by atoms with van der Waals surface area (Å²) in [6, 6.07) is 0. The summed E-state index contributed by atoms with van der Waals surface area (Å²) in [5.41, 5.74) is 2.26. The Morgan fingerprint density at radius 1 is 1.28 bits per heavy atom. The van der Waals surface area contributed by atoms with Crippen LogP contribution in [0.1, 0.15) is 13.3 Å². The van der Waals surface area contributed by atoms with Crippen molar-refractivity contribution in [3.63, 3.8) is 0 Å². The molecule has 106 valence electrons. The van der Waals surface area contributed by atoms with Crippen molar-refractivity contribution in [1.29, 1.82) is 0 Å². The molecular formula is C10H19NO7. The molecule has 0 amide bonds. The fourth-order valence-corrected chi connectivity index (χ4v) is 1.46. The molecule has 0 saturated heterocycles. The zero-order chi connectivity index (χ0) is 14.5. The van der Waals surface area contributed by atoms with Crippen molar-refractivity contribution >= 4 is 11.6 Å². The summed E-state index contributed by atoms with van der Waals surface area (Å²) in [6.45, 7) is -0.202. The molecular weight excluding hydrogens is 246 g/mol. The molecule has 0 fully saturated rings. The summed E-state index contributed by atoms with van der Waals surface area (Å²) in [5, 5.41) is 46.7. The summed E-state index contributed by atoms with van der Waals surface area (Å²) in [6.07, 6.45) is -6.48. The van der Waals surface area contributed by atoms with Gasteiger partial charge in [0.25, 0.3) is 0 Å². The fourth-order valence-electron chi connectivity index (χ4n) is 1.46. The van der Waals surface area contributed by atoms with E-state index in [0.29, 0.717) is 0 Å². The van der Waals surface area contributed by atoms with Crippen LogP contribution in [0.25, 0.3) is 0 Å². The first-order valence-electron chi connectivity index (χ1n) is 5.35. The topological polar surface area (TPSA) is 161 Å². The monoisotopic (exact) mass is 265 g/mol. The summed E-state index contributed by atoms with van der Waals surface area (Å²) >= 11 is 0. The minimum absolute atomic E-state index is 0.153. The van der Waals surface area contributed by atoms with E-state index in [1.165, 1.54) is 0 Å². The number of rotatable bonds is 8. The van der Waals surface area contributed by atoms with Crippen molar-refractivity contribution < 1.29 is 35.1 Å². The van der Waals surface area contributed by atoms with Crippen LogP contribution in [-0.4, -0.2) is 74.2 Å². The van der Waals surface area contributed by atoms with Gasteiger partial charge in [0.05, 0.1) is 6.61 Å². The fraction of sp³-hybridized carbons (Fsp3) is 0.800. The van der Waals surface area contributed by atoms with Gasteiger partial charge in [-0.2, -0.15) is 0 Å². The molecule has 18 heavy (non-hydrogen) atoms. The Morgan fingerprint density at radius 2 is 1.78 bits per heavy atom. The Labute approximate surface area is 104 Å². The second-order valence-corrected chi connectivity index (χ2v) is 3.97. The molecule has 7 N–H and O–H groups in total. The van der Waals surface area contributed by atoms with Crippen LogP contribution >= 0.6 is 0 Å². The van der Waals surface area contributed by atoms with Gasteiger partial charge in [-0.3, -0.25) is 9.59 Å². The lowest BCUT2D eigenvalue weighted by Gasteiger charge is -2.33. The maximum Gasteiger partial charge on any atom is 0.209 e. The first-order valence-corrected chi connectivity index (χ1v) is 5.35. The van der Waals surface area contributed by atoms with Crippen LogP contribution in [0, 0.1) is 0 Å². The van der Waals surface area contributed by atoms with Crippen molar-refractivity contribution in [2.75, 3.05) is 13.2 Å². The van der Waals surface area contributed by atoms with Crippen molar-refractivity contribution in [3.8, 4) is 0 Å². The van der Waals surface area contributed by atoms with Gasteiger partial charge >= 0.3 is 0 Å². The first kappa shape index (κ1) is 17.1. The molecule has 0 bridgehead atoms. The molecule has 0 aromatic carbocycles. The molecule has 4 atom stereocenters. The van der Waals surface area contributed by atoms with Gasteiger partial charge in [0.15, 0.2) is 11.6 Å². The predicted molar refractivity (Wildman–Crippen MR) is 59.4 cm³/mol. The second kappa shape index (κ2) is 6.88. The molecule has 0 aliphatic heterocycles. The zero-order valence-electron chi connectivity index (χ0n) is 9.98. The molecule has 0 aliphatic carbocycles. The first-order chi connectivity index (χ1) is 8.23. The van der Waals surface area contributed by atoms with Crippen molar-refractivity contribution in [2.24, 2.45) is 5.73 Å². The van der Waals surface area contributed by atoms with Crippen LogP contribution < -0.4 is 5.73 Å². The van der Waals surface area contributed by atoms with Gasteiger partial charge in [-0.05, 0) is 13.5 Å². The third kappa shape index (κ3) is 3.31. The lowest BCUT2D eigenvalue weighted by atomic mass is 9.82. The van der Waals surface area contributed by atoms with Gasteiger partial charge in [0, 0.05) is 6.42 Å². The van der Waals surface area contributed by atoms with Crippen LogP contribution in [0.2, 0.25) is 0 Å². The molecule has 0 heterocycles. The van der Waals surface area contributed by atoms with Crippen molar-refractivity contribution in [3.05, 3.63) is 0 Å². The maximum absolute atomic E-state index is 11.6. The lowest BCUT2D eigenvalue weighted by Crippen LogP contribution is -2.62. The molecule has 0 aliphatic rings. The standard InChI is InChI=1S/C10H19NO7/c1-5(13)10(18,7(15)2-3-11)9(17)8(16)6(14)4-12/h6,8-9,12,14,16-18H,2-4,11H2,1H3/t6-,8-,9+,10+/m1/s1. The second-order valence-electron chi connectivity index (χ2n) is 3.97. The van der Waals surface area contributed by atoms with Crippen molar-refractivity contribution in [2.45, 2.75) is 37.3 Å². The number of aliphatic hydroxyl groups excluding tert-OH is 4. The zero-order valence-corrected chi connectivity index (χ0v) is 9.98. The van der Waals surface area contributed by atoms with E-state index in [-0.39, 0.29) is 13.0 Å². The molecule has 0 aromatic heterocycles. The van der Waals surface area contributed by atoms with E-state index in [0.717, 1.165) is 6.92 Å². The van der Waals surface area contributed by atoms with Crippen LogP contribution in [0.15, 0.2) is 0 Å². The van der Waals surface area contributed by atoms with Crippen molar-refractivity contribution in [1.82, 2.24) is 0 Å². The Bertz CT molecular complexity index is 309. The average molecular weight is 265 g/mol. The molecule has 8 nitrogen and oxygen atoms in total. The van der Waals surface area contributed by atoms with Crippen LogP contribution in [0.4, 0.5) is 0 Å². The van der Waals surface area contributed by atoms with Gasteiger partial charge < -0.3 is 31.3 Å². The Balaban J connectivity index is 5.22. The minimum Gasteiger partial charge on any atom is -0.394 e. The summed E-state index contributed by atoms with van der Waals surface area (Å²) in [4.78, 5) is 22.9. The third-order valence-corrected chi connectivity index (χ3v) is 2.67. The van der Waals surface area contributed by atoms with Crippen LogP contribution in [-0.2, 0) is 9.59 Å². The highest BCUT2D eigenvalue weighted by Crippen LogP contribution is 2.20. The number of nitrogens with two attached hydrogens (primary N) is 1. The maximum atomic E-state index is 11.6. The molecule has 8 heteroatoms. The van der Waals surface area contributed by atoms with Crippen LogP contribution in [0.3, 0.4) is 0 Å². The van der Waals surface area contributed by atoms with E-state index < -0.39 is 42.1 Å². The molecule has 0 spiro atoms. The number of hydrogen-bond donors (Lipinski definition) is 6. The van der Waals surface area contributed by atoms with Gasteiger partial charge in [0.2, 0.25) is 5.60 Å². The average Bonchev–Trinajstić information content (AvgIpc) is 2.34. The normalized spacial score (nSPS) is 19.7. The van der Waals surface area contributed by atoms with Gasteiger partial charge in [-0.25, -0.2) is 0 Å². The van der Waals surface area contributed by atoms with E-state index in [9.17, 15) is 24.9 Å². The number of ketones is 2. The summed E-state index contributed by atoms with van der Waals surface area (Å²) in [5.74, 6) is -2.15. The molecule has 0 radical (unpaired) electrons. The smallest absolute Gasteiger partial charge is 0.209 e. The number of Topliss-reactive ketones (excluding diaryl/α,β-unsaturated/α-hetero) is 2. The SMILES string of the molecule is CC(=O)[C@](O)(C(=O)CCN)[C@@H](O)[C@H](O)[C@H](O)CO. The summed E-state index contributed by atoms with van der Waals surface area (Å²) in [7, 11) is 0. The summed E-state index contributed by atoms with van der Waals surface area (Å²) < 4.78 is 0. The molecule has 0 saturated carbocycles. The molecule has 0 unspecified atom stereocenters. The Morgan fingerprint density at radius 3 is 2.11 bits per heavy atom. The lowest BCUT2D eigenvalue weighted by molar-refractivity contribution is -0.180. The number of carbonyl (C=O) groups is 2. The van der Waals surface area contributed by atoms with E-state index >= 15 is 0 Å². The van der Waals surface area contributed by atoms with Gasteiger partial charge in [-0.15, -0.1) is 0 Å².